The van der Waals surface area contributed by atoms with Crippen molar-refractivity contribution < 1.29 is 14.2 Å². The summed E-state index contributed by atoms with van der Waals surface area (Å²) in [6.07, 6.45) is 13.2. The third-order valence-corrected chi connectivity index (χ3v) is 12.1. The van der Waals surface area contributed by atoms with Gasteiger partial charge in [-0.05, 0) is 73.9 Å². The maximum absolute atomic E-state index is 16.9. The van der Waals surface area contributed by atoms with E-state index in [9.17, 15) is 5.11 Å². The number of terminal acetylenes is 1. The molecule has 0 saturated carbocycles. The van der Waals surface area contributed by atoms with E-state index in [0.29, 0.717) is 63.8 Å². The maximum atomic E-state index is 16.9. The second-order valence-electron chi connectivity index (χ2n) is 13.5. The van der Waals surface area contributed by atoms with Crippen molar-refractivity contribution in [3.8, 4) is 35.4 Å². The number of pyridine rings is 1. The van der Waals surface area contributed by atoms with Crippen LogP contribution in [0.2, 0.25) is 0 Å². The number of hydrogen-bond acceptors (Lipinski definition) is 9. The van der Waals surface area contributed by atoms with Crippen LogP contribution >= 0.6 is 11.8 Å². The standard InChI is InChI=1S/C35H35FN6O2S/c1-2-20-5-3-6-21-11-25(43)12-26(29(20)21)31-30(36)32-27(14-37-31)33(41-15-23-7-8-24(16-41)38-23)40-34(39-32)44-19-35-9-4-10-42(35)28-18-45-17-22(28)13-35/h1,3,5-6,11-12,14,22-24,28,38,43H,4,7-10,13,15-19H2. The summed E-state index contributed by atoms with van der Waals surface area (Å²) in [6, 6.07) is 10.2. The summed E-state index contributed by atoms with van der Waals surface area (Å²) in [7, 11) is 0. The first kappa shape index (κ1) is 27.6. The number of phenolic OH excluding ortho intramolecular Hbond substituents is 1. The summed E-state index contributed by atoms with van der Waals surface area (Å²) in [5.41, 5.74) is 1.28. The van der Waals surface area contributed by atoms with E-state index in [-0.39, 0.29) is 28.5 Å². The number of ether oxygens (including phenoxy) is 1. The Morgan fingerprint density at radius 2 is 2.04 bits per heavy atom. The van der Waals surface area contributed by atoms with E-state index in [1.54, 1.807) is 12.3 Å². The molecule has 7 heterocycles. The molecule has 9 rings (SSSR count). The lowest BCUT2D eigenvalue weighted by atomic mass is 9.90. The van der Waals surface area contributed by atoms with Crippen LogP contribution < -0.4 is 15.0 Å². The zero-order valence-electron chi connectivity index (χ0n) is 25.0. The molecule has 2 N–H and O–H groups in total. The third kappa shape index (κ3) is 4.38. The van der Waals surface area contributed by atoms with E-state index in [1.165, 1.54) is 24.0 Å². The van der Waals surface area contributed by atoms with Crippen molar-refractivity contribution >= 4 is 39.3 Å². The Hall–Kier alpha value is -3.65. The molecule has 45 heavy (non-hydrogen) atoms. The Labute approximate surface area is 265 Å². The average Bonchev–Trinajstić information content (AvgIpc) is 3.81. The minimum absolute atomic E-state index is 0.00298. The highest BCUT2D eigenvalue weighted by Crippen LogP contribution is 2.50. The number of benzene rings is 2. The van der Waals surface area contributed by atoms with Gasteiger partial charge in [0.15, 0.2) is 5.82 Å². The maximum Gasteiger partial charge on any atom is 0.319 e. The van der Waals surface area contributed by atoms with Gasteiger partial charge in [0.05, 0.1) is 10.9 Å². The molecule has 5 aliphatic rings. The molecule has 8 nitrogen and oxygen atoms in total. The first-order valence-corrected chi connectivity index (χ1v) is 17.2. The Balaban J connectivity index is 1.16. The molecule has 5 saturated heterocycles. The monoisotopic (exact) mass is 622 g/mol. The third-order valence-electron chi connectivity index (χ3n) is 10.9. The van der Waals surface area contributed by atoms with E-state index >= 15 is 4.39 Å². The molecule has 0 radical (unpaired) electrons. The Morgan fingerprint density at radius 3 is 2.89 bits per heavy atom. The van der Waals surface area contributed by atoms with Gasteiger partial charge in [-0.1, -0.05) is 18.1 Å². The predicted octanol–water partition coefficient (Wildman–Crippen LogP) is 4.96. The molecule has 0 amide bonds. The molecule has 0 aliphatic carbocycles. The molecule has 4 aromatic rings. The molecule has 5 atom stereocenters. The van der Waals surface area contributed by atoms with Gasteiger partial charge in [0, 0.05) is 59.7 Å². The number of aromatic hydroxyl groups is 1. The lowest BCUT2D eigenvalue weighted by Crippen LogP contribution is -2.51. The molecule has 5 aliphatic heterocycles. The van der Waals surface area contributed by atoms with Gasteiger partial charge in [0.1, 0.15) is 29.4 Å². The second kappa shape index (κ2) is 10.4. The van der Waals surface area contributed by atoms with Crippen LogP contribution in [0.3, 0.4) is 0 Å². The number of anilines is 1. The number of piperazine rings is 1. The Kier molecular flexibility index (Phi) is 6.41. The predicted molar refractivity (Wildman–Crippen MR) is 175 cm³/mol. The molecular formula is C35H35FN6O2S. The van der Waals surface area contributed by atoms with Gasteiger partial charge in [0.25, 0.3) is 0 Å². The van der Waals surface area contributed by atoms with Crippen molar-refractivity contribution in [3.63, 3.8) is 0 Å². The highest BCUT2D eigenvalue weighted by atomic mass is 32.2. The SMILES string of the molecule is C#Cc1cccc2cc(O)cc(-c3ncc4c(N5CC6CCC(C5)N6)nc(OCC56CCCN5C5CSCC5C6)nc4c3F)c12. The van der Waals surface area contributed by atoms with Crippen LogP contribution in [-0.2, 0) is 0 Å². The molecule has 10 heteroatoms. The number of halogens is 1. The molecule has 0 spiro atoms. The summed E-state index contributed by atoms with van der Waals surface area (Å²) in [5.74, 6) is 5.93. The first-order chi connectivity index (χ1) is 22.0. The average molecular weight is 623 g/mol. The summed E-state index contributed by atoms with van der Waals surface area (Å²) in [6.45, 7) is 3.18. The first-order valence-electron chi connectivity index (χ1n) is 16.1. The summed E-state index contributed by atoms with van der Waals surface area (Å²) >= 11 is 2.07. The van der Waals surface area contributed by atoms with Crippen molar-refractivity contribution in [2.75, 3.05) is 42.6 Å². The number of nitrogens with one attached hydrogen (secondary N) is 1. The Morgan fingerprint density at radius 1 is 1.18 bits per heavy atom. The normalized spacial score (nSPS) is 28.9. The summed E-state index contributed by atoms with van der Waals surface area (Å²) < 4.78 is 23.4. The van der Waals surface area contributed by atoms with Gasteiger partial charge in [-0.25, -0.2) is 4.39 Å². The fourth-order valence-corrected chi connectivity index (χ4v) is 10.4. The Bertz CT molecular complexity index is 1890. The number of nitrogens with zero attached hydrogens (tertiary/aromatic N) is 5. The van der Waals surface area contributed by atoms with Crippen LogP contribution in [0.5, 0.6) is 11.8 Å². The highest BCUT2D eigenvalue weighted by molar-refractivity contribution is 7.99. The molecular weight excluding hydrogens is 587 g/mol. The fraction of sp³-hybridized carbons (Fsp3) is 0.457. The van der Waals surface area contributed by atoms with Gasteiger partial charge in [-0.3, -0.25) is 9.88 Å². The number of fused-ring (bicyclic) bond motifs is 7. The van der Waals surface area contributed by atoms with Crippen molar-refractivity contribution in [2.24, 2.45) is 5.92 Å². The topological polar surface area (TPSA) is 86.6 Å². The zero-order valence-corrected chi connectivity index (χ0v) is 25.8. The minimum atomic E-state index is -0.578. The largest absolute Gasteiger partial charge is 0.508 e. The van der Waals surface area contributed by atoms with E-state index < -0.39 is 5.82 Å². The number of rotatable bonds is 5. The van der Waals surface area contributed by atoms with Crippen LogP contribution in [0.1, 0.15) is 37.7 Å². The quantitative estimate of drug-likeness (QED) is 0.300. The van der Waals surface area contributed by atoms with Gasteiger partial charge < -0.3 is 20.1 Å². The summed E-state index contributed by atoms with van der Waals surface area (Å²) in [4.78, 5) is 19.3. The van der Waals surface area contributed by atoms with Gasteiger partial charge in [-0.15, -0.1) is 6.42 Å². The van der Waals surface area contributed by atoms with Gasteiger partial charge in [0.2, 0.25) is 0 Å². The number of hydrogen-bond donors (Lipinski definition) is 2. The molecule has 2 bridgehead atoms. The molecule has 2 aromatic heterocycles. The van der Waals surface area contributed by atoms with Crippen molar-refractivity contribution in [3.05, 3.63) is 47.9 Å². The van der Waals surface area contributed by atoms with Crippen LogP contribution in [0.4, 0.5) is 10.2 Å². The second-order valence-corrected chi connectivity index (χ2v) is 14.6. The lowest BCUT2D eigenvalue weighted by molar-refractivity contribution is 0.0899. The van der Waals surface area contributed by atoms with Crippen LogP contribution in [0, 0.1) is 24.1 Å². The molecule has 5 fully saturated rings. The lowest BCUT2D eigenvalue weighted by Gasteiger charge is -2.35. The fourth-order valence-electron chi connectivity index (χ4n) is 8.93. The number of aromatic nitrogens is 3. The van der Waals surface area contributed by atoms with E-state index in [1.807, 2.05) is 18.2 Å². The smallest absolute Gasteiger partial charge is 0.319 e. The number of phenols is 1. The number of thioether (sulfide) groups is 1. The molecule has 2 aromatic carbocycles. The molecule has 5 unspecified atom stereocenters. The van der Waals surface area contributed by atoms with Gasteiger partial charge >= 0.3 is 6.01 Å². The highest BCUT2D eigenvalue weighted by Gasteiger charge is 2.55. The van der Waals surface area contributed by atoms with E-state index in [0.717, 1.165) is 45.3 Å². The van der Waals surface area contributed by atoms with Crippen LogP contribution in [0.15, 0.2) is 36.5 Å². The van der Waals surface area contributed by atoms with E-state index in [2.05, 4.69) is 37.8 Å². The summed E-state index contributed by atoms with van der Waals surface area (Å²) in [5, 5.41) is 16.2. The van der Waals surface area contributed by atoms with Crippen molar-refractivity contribution in [1.29, 1.82) is 0 Å². The van der Waals surface area contributed by atoms with E-state index in [4.69, 9.17) is 21.1 Å². The van der Waals surface area contributed by atoms with Crippen LogP contribution in [0.25, 0.3) is 32.9 Å². The minimum Gasteiger partial charge on any atom is -0.508 e. The van der Waals surface area contributed by atoms with Crippen molar-refractivity contribution in [2.45, 2.75) is 55.8 Å². The van der Waals surface area contributed by atoms with Crippen molar-refractivity contribution in [1.82, 2.24) is 25.2 Å². The zero-order chi connectivity index (χ0) is 30.3. The van der Waals surface area contributed by atoms with Crippen LogP contribution in [-0.4, -0.2) is 86.4 Å². The van der Waals surface area contributed by atoms with Gasteiger partial charge in [-0.2, -0.15) is 21.7 Å². The molecule has 230 valence electrons.